The number of nitrogens with two attached hydrogens (primary N) is 1. The van der Waals surface area contributed by atoms with Crippen LogP contribution in [0, 0.1) is 0 Å². The zero-order valence-electron chi connectivity index (χ0n) is 12.6. The van der Waals surface area contributed by atoms with Crippen LogP contribution in [0.4, 0.5) is 0 Å². The third-order valence-corrected chi connectivity index (χ3v) is 4.33. The molecule has 23 heavy (non-hydrogen) atoms. The number of carbonyl (C=O) groups excluding carboxylic acids is 1. The molecule has 0 aliphatic carbocycles. The van der Waals surface area contributed by atoms with E-state index in [0.29, 0.717) is 13.0 Å². The molecule has 120 valence electrons. The van der Waals surface area contributed by atoms with Crippen molar-refractivity contribution in [1.29, 1.82) is 0 Å². The molecule has 0 radical (unpaired) electrons. The first-order chi connectivity index (χ1) is 11.1. The molecular weight excluding hydrogens is 294 g/mol. The van der Waals surface area contributed by atoms with E-state index in [0.717, 1.165) is 16.8 Å². The summed E-state index contributed by atoms with van der Waals surface area (Å²) in [6, 6.07) is 11.2. The predicted octanol–water partition coefficient (Wildman–Crippen LogP) is 1.41. The lowest BCUT2D eigenvalue weighted by atomic mass is 10.0. The Bertz CT molecular complexity index is 711. The molecule has 2 heterocycles. The van der Waals surface area contributed by atoms with Gasteiger partial charge in [0.15, 0.2) is 0 Å². The van der Waals surface area contributed by atoms with Crippen LogP contribution in [0.2, 0.25) is 0 Å². The number of amides is 1. The highest BCUT2D eigenvalue weighted by atomic mass is 16.4. The maximum absolute atomic E-state index is 11.9. The highest BCUT2D eigenvalue weighted by Crippen LogP contribution is 2.33. The average Bonchev–Trinajstić information content (AvgIpc) is 3.21. The van der Waals surface area contributed by atoms with Crippen LogP contribution in [0.3, 0.4) is 0 Å². The first kappa shape index (κ1) is 15.3. The quantitative estimate of drug-likeness (QED) is 0.794. The molecule has 0 saturated carbocycles. The van der Waals surface area contributed by atoms with Crippen LogP contribution in [-0.2, 0) is 9.59 Å². The lowest BCUT2D eigenvalue weighted by Gasteiger charge is -2.20. The Morgan fingerprint density at radius 3 is 2.65 bits per heavy atom. The highest BCUT2D eigenvalue weighted by Gasteiger charge is 2.40. The summed E-state index contributed by atoms with van der Waals surface area (Å²) in [4.78, 5) is 27.8. The van der Waals surface area contributed by atoms with Crippen LogP contribution in [-0.4, -0.2) is 46.0 Å². The van der Waals surface area contributed by atoms with Gasteiger partial charge < -0.3 is 20.7 Å². The molecular formula is C17H19N3O3. The summed E-state index contributed by atoms with van der Waals surface area (Å²) < 4.78 is 0. The van der Waals surface area contributed by atoms with Gasteiger partial charge in [0.25, 0.3) is 0 Å². The van der Waals surface area contributed by atoms with E-state index in [1.54, 1.807) is 0 Å². The lowest BCUT2D eigenvalue weighted by molar-refractivity contribution is -0.147. The summed E-state index contributed by atoms with van der Waals surface area (Å²) in [6.45, 7) is 0.207. The molecule has 1 saturated heterocycles. The van der Waals surface area contributed by atoms with Crippen molar-refractivity contribution < 1.29 is 14.7 Å². The minimum absolute atomic E-state index is 0.0240. The van der Waals surface area contributed by atoms with Gasteiger partial charge in [-0.1, -0.05) is 30.3 Å². The third kappa shape index (κ3) is 2.98. The minimum atomic E-state index is -0.982. The van der Waals surface area contributed by atoms with Crippen LogP contribution >= 0.6 is 0 Å². The zero-order chi connectivity index (χ0) is 16.4. The second-order valence-corrected chi connectivity index (χ2v) is 5.75. The van der Waals surface area contributed by atoms with E-state index in [2.05, 4.69) is 4.98 Å². The van der Waals surface area contributed by atoms with E-state index in [9.17, 15) is 14.7 Å². The van der Waals surface area contributed by atoms with Gasteiger partial charge in [0.2, 0.25) is 5.91 Å². The molecule has 3 rings (SSSR count). The number of H-pyrrole nitrogens is 1. The predicted molar refractivity (Wildman–Crippen MR) is 85.8 cm³/mol. The molecule has 2 atom stereocenters. The molecule has 1 aliphatic rings. The van der Waals surface area contributed by atoms with Gasteiger partial charge in [-0.3, -0.25) is 4.79 Å². The molecule has 1 aromatic heterocycles. The van der Waals surface area contributed by atoms with Gasteiger partial charge in [-0.05, 0) is 23.6 Å². The van der Waals surface area contributed by atoms with Crippen LogP contribution in [0.25, 0.3) is 11.1 Å². The number of aromatic amines is 1. The van der Waals surface area contributed by atoms with Crippen molar-refractivity contribution in [2.45, 2.75) is 18.4 Å². The van der Waals surface area contributed by atoms with Crippen molar-refractivity contribution in [3.05, 3.63) is 48.3 Å². The number of benzene rings is 1. The van der Waals surface area contributed by atoms with Crippen LogP contribution in [0.5, 0.6) is 0 Å². The fraction of sp³-hybridized carbons (Fsp3) is 0.294. The molecule has 6 heteroatoms. The summed E-state index contributed by atoms with van der Waals surface area (Å²) in [7, 11) is 0. The smallest absolute Gasteiger partial charge is 0.326 e. The number of aromatic nitrogens is 1. The Hall–Kier alpha value is -2.60. The fourth-order valence-corrected chi connectivity index (χ4v) is 3.13. The van der Waals surface area contributed by atoms with E-state index in [-0.39, 0.29) is 18.4 Å². The van der Waals surface area contributed by atoms with Crippen molar-refractivity contribution in [1.82, 2.24) is 9.88 Å². The number of carboxylic acid groups (broad SMARTS) is 1. The molecule has 6 nitrogen and oxygen atoms in total. The maximum Gasteiger partial charge on any atom is 0.326 e. The molecule has 0 bridgehead atoms. The summed E-state index contributed by atoms with van der Waals surface area (Å²) in [5, 5.41) is 9.33. The van der Waals surface area contributed by atoms with E-state index in [4.69, 9.17) is 5.73 Å². The Kier molecular flexibility index (Phi) is 4.16. The number of hydrogen-bond donors (Lipinski definition) is 3. The molecule has 1 aliphatic heterocycles. The Morgan fingerprint density at radius 1 is 1.26 bits per heavy atom. The molecule has 1 aromatic carbocycles. The first-order valence-electron chi connectivity index (χ1n) is 7.56. The number of likely N-dealkylation sites (tertiary alicyclic amines) is 1. The van der Waals surface area contributed by atoms with E-state index in [1.807, 2.05) is 42.6 Å². The van der Waals surface area contributed by atoms with E-state index < -0.39 is 12.0 Å². The maximum atomic E-state index is 11.9. The molecule has 1 amide bonds. The lowest BCUT2D eigenvalue weighted by Crippen LogP contribution is -2.43. The van der Waals surface area contributed by atoms with E-state index >= 15 is 0 Å². The van der Waals surface area contributed by atoms with Crippen LogP contribution < -0.4 is 5.73 Å². The summed E-state index contributed by atoms with van der Waals surface area (Å²) in [5.74, 6) is -1.33. The first-order valence-corrected chi connectivity index (χ1v) is 7.56. The summed E-state index contributed by atoms with van der Waals surface area (Å²) in [5.41, 5.74) is 8.48. The van der Waals surface area contributed by atoms with Gasteiger partial charge >= 0.3 is 5.97 Å². The number of hydrogen-bond acceptors (Lipinski definition) is 3. The number of nitrogens with zero attached hydrogens (tertiary/aromatic N) is 1. The second kappa shape index (κ2) is 6.26. The monoisotopic (exact) mass is 313 g/mol. The van der Waals surface area contributed by atoms with E-state index in [1.165, 1.54) is 4.90 Å². The Balaban J connectivity index is 1.82. The fourth-order valence-electron chi connectivity index (χ4n) is 3.13. The van der Waals surface area contributed by atoms with Crippen LogP contribution in [0.15, 0.2) is 42.6 Å². The zero-order valence-corrected chi connectivity index (χ0v) is 12.6. The van der Waals surface area contributed by atoms with Gasteiger partial charge in [-0.25, -0.2) is 4.79 Å². The minimum Gasteiger partial charge on any atom is -0.480 e. The number of aliphatic carboxylic acids is 1. The number of carboxylic acids is 1. The standard InChI is InChI=1S/C17H19N3O3/c18-8-16(21)20-10-13(7-15(20)17(22)23)14-6-12(9-19-14)11-4-2-1-3-5-11/h1-6,9,13,15,19H,7-8,10,18H2,(H,22,23)/t13-,15+/m1/s1. The van der Waals surface area contributed by atoms with Gasteiger partial charge in [-0.2, -0.15) is 0 Å². The topological polar surface area (TPSA) is 99.4 Å². The molecule has 1 fully saturated rings. The van der Waals surface area contributed by atoms with Crippen LogP contribution in [0.1, 0.15) is 18.0 Å². The van der Waals surface area contributed by atoms with Gasteiger partial charge in [0, 0.05) is 24.4 Å². The van der Waals surface area contributed by atoms with Crippen molar-refractivity contribution in [2.75, 3.05) is 13.1 Å². The second-order valence-electron chi connectivity index (χ2n) is 5.75. The highest BCUT2D eigenvalue weighted by molar-refractivity contribution is 5.85. The van der Waals surface area contributed by atoms with Crippen molar-refractivity contribution in [3.8, 4) is 11.1 Å². The molecule has 2 aromatic rings. The van der Waals surface area contributed by atoms with Gasteiger partial charge in [0.05, 0.1) is 6.54 Å². The number of nitrogens with one attached hydrogen (secondary N) is 1. The normalized spacial score (nSPS) is 20.7. The van der Waals surface area contributed by atoms with Crippen molar-refractivity contribution >= 4 is 11.9 Å². The molecule has 4 N–H and O–H groups in total. The SMILES string of the molecule is NCC(=O)N1C[C@H](c2cc(-c3ccccc3)c[nH]2)C[C@H]1C(=O)O. The van der Waals surface area contributed by atoms with Gasteiger partial charge in [0.1, 0.15) is 6.04 Å². The number of rotatable bonds is 4. The summed E-state index contributed by atoms with van der Waals surface area (Å²) in [6.07, 6.45) is 2.31. The van der Waals surface area contributed by atoms with Crippen molar-refractivity contribution in [3.63, 3.8) is 0 Å². The van der Waals surface area contributed by atoms with Gasteiger partial charge in [-0.15, -0.1) is 0 Å². The average molecular weight is 313 g/mol. The van der Waals surface area contributed by atoms with Crippen molar-refractivity contribution in [2.24, 2.45) is 5.73 Å². The number of carbonyl (C=O) groups is 2. The Morgan fingerprint density at radius 2 is 2.00 bits per heavy atom. The Labute approximate surface area is 133 Å². The largest absolute Gasteiger partial charge is 0.480 e. The molecule has 0 unspecified atom stereocenters. The molecule has 0 spiro atoms. The summed E-state index contributed by atoms with van der Waals surface area (Å²) >= 11 is 0. The third-order valence-electron chi connectivity index (χ3n) is 4.33.